The number of hydrogen-bond acceptors (Lipinski definition) is 2. The van der Waals surface area contributed by atoms with E-state index in [0.717, 1.165) is 12.1 Å². The van der Waals surface area contributed by atoms with Gasteiger partial charge in [0, 0.05) is 20.1 Å². The number of nitrogens with zero attached hydrogens (tertiary/aromatic N) is 1. The fourth-order valence-electron chi connectivity index (χ4n) is 2.44. The molecule has 0 bridgehead atoms. The molecule has 1 atom stereocenters. The van der Waals surface area contributed by atoms with Gasteiger partial charge in [-0.3, -0.25) is 9.59 Å². The van der Waals surface area contributed by atoms with E-state index in [1.807, 2.05) is 0 Å². The molecule has 0 saturated carbocycles. The molecule has 2 rings (SSSR count). The molecule has 4 nitrogen and oxygen atoms in total. The number of amides is 2. The number of likely N-dealkylation sites (tertiary alicyclic amines) is 1. The third-order valence-electron chi connectivity index (χ3n) is 3.59. The molecule has 1 aromatic carbocycles. The summed E-state index contributed by atoms with van der Waals surface area (Å²) in [5.74, 6) is -3.02. The lowest BCUT2D eigenvalue weighted by Gasteiger charge is -2.32. The Morgan fingerprint density at radius 1 is 1.38 bits per heavy atom. The Morgan fingerprint density at radius 2 is 2.10 bits per heavy atom. The van der Waals surface area contributed by atoms with E-state index in [9.17, 15) is 18.4 Å². The molecule has 1 heterocycles. The second kappa shape index (κ2) is 6.39. The molecule has 1 N–H and O–H groups in total. The predicted molar refractivity (Wildman–Crippen MR) is 74.1 cm³/mol. The zero-order valence-electron chi connectivity index (χ0n) is 11.5. The van der Waals surface area contributed by atoms with Gasteiger partial charge in [0.15, 0.2) is 5.82 Å². The molecule has 0 radical (unpaired) electrons. The quantitative estimate of drug-likeness (QED) is 0.851. The molecule has 1 aromatic rings. The monoisotopic (exact) mass is 316 g/mol. The van der Waals surface area contributed by atoms with Gasteiger partial charge >= 0.3 is 0 Å². The van der Waals surface area contributed by atoms with Crippen LogP contribution >= 0.6 is 11.6 Å². The highest BCUT2D eigenvalue weighted by molar-refractivity contribution is 6.31. The van der Waals surface area contributed by atoms with E-state index in [2.05, 4.69) is 5.32 Å². The van der Waals surface area contributed by atoms with Crippen molar-refractivity contribution in [1.29, 1.82) is 0 Å². The summed E-state index contributed by atoms with van der Waals surface area (Å²) >= 11 is 5.48. The van der Waals surface area contributed by atoms with Crippen LogP contribution in [-0.4, -0.2) is 36.9 Å². The highest BCUT2D eigenvalue weighted by Crippen LogP contribution is 2.25. The summed E-state index contributed by atoms with van der Waals surface area (Å²) in [5.41, 5.74) is -0.279. The van der Waals surface area contributed by atoms with Gasteiger partial charge in [0.05, 0.1) is 11.5 Å². The summed E-state index contributed by atoms with van der Waals surface area (Å²) in [6.45, 7) is 0.647. The van der Waals surface area contributed by atoms with Gasteiger partial charge < -0.3 is 10.2 Å². The number of benzene rings is 1. The van der Waals surface area contributed by atoms with Crippen LogP contribution in [0.25, 0.3) is 0 Å². The molecular formula is C14H15ClF2N2O2. The van der Waals surface area contributed by atoms with E-state index in [1.165, 1.54) is 11.9 Å². The lowest BCUT2D eigenvalue weighted by atomic mass is 9.96. The first kappa shape index (κ1) is 15.7. The molecule has 114 valence electrons. The minimum absolute atomic E-state index is 0.148. The van der Waals surface area contributed by atoms with E-state index in [1.54, 1.807) is 0 Å². The van der Waals surface area contributed by atoms with Gasteiger partial charge in [-0.2, -0.15) is 0 Å². The van der Waals surface area contributed by atoms with Gasteiger partial charge in [-0.15, -0.1) is 0 Å². The van der Waals surface area contributed by atoms with Gasteiger partial charge in [-0.05, 0) is 25.0 Å². The molecule has 2 amide bonds. The van der Waals surface area contributed by atoms with Crippen molar-refractivity contribution in [3.05, 3.63) is 34.4 Å². The Labute approximate surface area is 126 Å². The Kier molecular flexibility index (Phi) is 4.77. The van der Waals surface area contributed by atoms with Crippen molar-refractivity contribution in [3.63, 3.8) is 0 Å². The van der Waals surface area contributed by atoms with Crippen LogP contribution in [0.2, 0.25) is 5.02 Å². The van der Waals surface area contributed by atoms with E-state index in [-0.39, 0.29) is 23.9 Å². The lowest BCUT2D eigenvalue weighted by molar-refractivity contribution is -0.125. The maximum atomic E-state index is 13.9. The molecule has 1 fully saturated rings. The smallest absolute Gasteiger partial charge is 0.256 e. The van der Waals surface area contributed by atoms with Gasteiger partial charge in [-0.25, -0.2) is 8.78 Å². The zero-order chi connectivity index (χ0) is 15.6. The minimum atomic E-state index is -1.07. The summed E-state index contributed by atoms with van der Waals surface area (Å²) in [4.78, 5) is 25.4. The van der Waals surface area contributed by atoms with Crippen molar-refractivity contribution in [2.24, 2.45) is 5.92 Å². The number of carbonyl (C=O) groups excluding carboxylic acids is 2. The maximum Gasteiger partial charge on any atom is 0.256 e. The fraction of sp³-hybridized carbons (Fsp3) is 0.429. The van der Waals surface area contributed by atoms with Crippen molar-refractivity contribution in [3.8, 4) is 0 Å². The molecular weight excluding hydrogens is 302 g/mol. The number of rotatable bonds is 2. The second-order valence-corrected chi connectivity index (χ2v) is 5.31. The summed E-state index contributed by atoms with van der Waals surface area (Å²) < 4.78 is 27.0. The average molecular weight is 317 g/mol. The van der Waals surface area contributed by atoms with E-state index < -0.39 is 22.6 Å². The number of hydrogen-bond donors (Lipinski definition) is 1. The molecule has 1 saturated heterocycles. The molecule has 0 spiro atoms. The fourth-order valence-corrected chi connectivity index (χ4v) is 2.61. The first-order valence-corrected chi connectivity index (χ1v) is 6.98. The Balaban J connectivity index is 2.20. The second-order valence-electron chi connectivity index (χ2n) is 4.93. The summed E-state index contributed by atoms with van der Waals surface area (Å²) in [7, 11) is 1.53. The van der Waals surface area contributed by atoms with Crippen LogP contribution in [0.4, 0.5) is 8.78 Å². The molecule has 0 unspecified atom stereocenters. The third-order valence-corrected chi connectivity index (χ3v) is 3.94. The van der Waals surface area contributed by atoms with Crippen molar-refractivity contribution >= 4 is 23.4 Å². The van der Waals surface area contributed by atoms with Crippen molar-refractivity contribution in [1.82, 2.24) is 10.2 Å². The molecule has 1 aliphatic heterocycles. The molecule has 1 aliphatic rings. The number of nitrogens with one attached hydrogen (secondary N) is 1. The van der Waals surface area contributed by atoms with Gasteiger partial charge in [-0.1, -0.05) is 11.6 Å². The van der Waals surface area contributed by atoms with E-state index >= 15 is 0 Å². The average Bonchev–Trinajstić information content (AvgIpc) is 2.51. The Hall–Kier alpha value is -1.69. The maximum absolute atomic E-state index is 13.9. The first-order valence-electron chi connectivity index (χ1n) is 6.60. The predicted octanol–water partition coefficient (Wildman–Crippen LogP) is 2.22. The number of piperidine rings is 1. The number of halogens is 3. The molecule has 7 heteroatoms. The minimum Gasteiger partial charge on any atom is -0.359 e. The van der Waals surface area contributed by atoms with Gasteiger partial charge in [0.1, 0.15) is 10.8 Å². The normalized spacial score (nSPS) is 18.5. The highest BCUT2D eigenvalue weighted by atomic mass is 35.5. The van der Waals surface area contributed by atoms with Crippen LogP contribution in [-0.2, 0) is 4.79 Å². The van der Waals surface area contributed by atoms with Crippen molar-refractivity contribution in [2.75, 3.05) is 20.1 Å². The van der Waals surface area contributed by atoms with Crippen LogP contribution in [0.15, 0.2) is 12.1 Å². The Morgan fingerprint density at radius 3 is 2.76 bits per heavy atom. The van der Waals surface area contributed by atoms with Gasteiger partial charge in [0.2, 0.25) is 5.91 Å². The topological polar surface area (TPSA) is 49.4 Å². The van der Waals surface area contributed by atoms with Crippen molar-refractivity contribution in [2.45, 2.75) is 12.8 Å². The van der Waals surface area contributed by atoms with Crippen LogP contribution in [0.5, 0.6) is 0 Å². The van der Waals surface area contributed by atoms with Crippen LogP contribution < -0.4 is 5.32 Å². The Bertz CT molecular complexity index is 580. The highest BCUT2D eigenvalue weighted by Gasteiger charge is 2.30. The first-order chi connectivity index (χ1) is 9.95. The molecule has 0 aliphatic carbocycles. The van der Waals surface area contributed by atoms with Crippen molar-refractivity contribution < 1.29 is 18.4 Å². The standard InChI is InChI=1S/C14H15ClF2N2O2/c1-18-13(20)8-3-2-6-19(7-8)14(21)9-4-5-10(16)11(15)12(9)17/h4-5,8H,2-3,6-7H2,1H3,(H,18,20)/t8-/m0/s1. The summed E-state index contributed by atoms with van der Waals surface area (Å²) in [5, 5.41) is 1.85. The van der Waals surface area contributed by atoms with Crippen LogP contribution in [0.3, 0.4) is 0 Å². The van der Waals surface area contributed by atoms with Crippen LogP contribution in [0.1, 0.15) is 23.2 Å². The number of carbonyl (C=O) groups is 2. The largest absolute Gasteiger partial charge is 0.359 e. The third kappa shape index (κ3) is 3.15. The summed E-state index contributed by atoms with van der Waals surface area (Å²) in [6, 6.07) is 2.03. The SMILES string of the molecule is CNC(=O)[C@H]1CCCN(C(=O)c2ccc(F)c(Cl)c2F)C1. The van der Waals surface area contributed by atoms with E-state index in [4.69, 9.17) is 11.6 Å². The molecule has 21 heavy (non-hydrogen) atoms. The summed E-state index contributed by atoms with van der Waals surface area (Å²) in [6.07, 6.45) is 1.33. The van der Waals surface area contributed by atoms with E-state index in [0.29, 0.717) is 19.4 Å². The lowest BCUT2D eigenvalue weighted by Crippen LogP contribution is -2.45. The van der Waals surface area contributed by atoms with Crippen LogP contribution in [0, 0.1) is 17.6 Å². The van der Waals surface area contributed by atoms with Gasteiger partial charge in [0.25, 0.3) is 5.91 Å². The molecule has 0 aromatic heterocycles. The zero-order valence-corrected chi connectivity index (χ0v) is 12.2.